The molecule has 0 saturated carbocycles. The van der Waals surface area contributed by atoms with E-state index < -0.39 is 11.9 Å². The maximum absolute atomic E-state index is 13.4. The maximum atomic E-state index is 13.4. The van der Waals surface area contributed by atoms with Crippen molar-refractivity contribution in [2.24, 2.45) is 0 Å². The van der Waals surface area contributed by atoms with Crippen LogP contribution in [0.4, 0.5) is 5.69 Å². The van der Waals surface area contributed by atoms with Gasteiger partial charge < -0.3 is 15.4 Å². The van der Waals surface area contributed by atoms with Crippen molar-refractivity contribution in [3.05, 3.63) is 121 Å². The highest BCUT2D eigenvalue weighted by atomic mass is 35.5. The van der Waals surface area contributed by atoms with Gasteiger partial charge in [-0.2, -0.15) is 5.26 Å². The number of rotatable bonds is 8. The zero-order chi connectivity index (χ0) is 27.9. The van der Waals surface area contributed by atoms with Crippen LogP contribution in [0.1, 0.15) is 24.0 Å². The molecule has 10 heteroatoms. The fourth-order valence-electron chi connectivity index (χ4n) is 4.00. The molecule has 0 radical (unpaired) electrons. The van der Waals surface area contributed by atoms with Crippen molar-refractivity contribution in [1.82, 2.24) is 5.32 Å². The summed E-state index contributed by atoms with van der Waals surface area (Å²) in [5.41, 5.74) is 3.17. The van der Waals surface area contributed by atoms with Gasteiger partial charge in [-0.05, 0) is 48.4 Å². The van der Waals surface area contributed by atoms with E-state index in [1.54, 1.807) is 49.4 Å². The number of ether oxygens (including phenoxy) is 1. The third-order valence-electron chi connectivity index (χ3n) is 5.83. The molecule has 39 heavy (non-hydrogen) atoms. The summed E-state index contributed by atoms with van der Waals surface area (Å²) >= 11 is 19.2. The first kappa shape index (κ1) is 28.6. The Morgan fingerprint density at radius 2 is 1.74 bits per heavy atom. The number of thioether (sulfide) groups is 1. The highest BCUT2D eigenvalue weighted by Gasteiger charge is 2.35. The molecule has 1 unspecified atom stereocenters. The topological polar surface area (TPSA) is 91.2 Å². The number of nitriles is 1. The predicted octanol–water partition coefficient (Wildman–Crippen LogP) is 7.46. The van der Waals surface area contributed by atoms with Crippen LogP contribution in [0.2, 0.25) is 15.1 Å². The Hall–Kier alpha value is -3.41. The van der Waals surface area contributed by atoms with E-state index in [0.717, 1.165) is 17.3 Å². The monoisotopic (exact) mass is 597 g/mol. The summed E-state index contributed by atoms with van der Waals surface area (Å²) in [7, 11) is 0. The zero-order valence-electron chi connectivity index (χ0n) is 20.6. The molecule has 1 aliphatic heterocycles. The number of benzene rings is 3. The first-order valence-corrected chi connectivity index (χ1v) is 13.8. The van der Waals surface area contributed by atoms with Crippen LogP contribution in [0.15, 0.2) is 94.7 Å². The van der Waals surface area contributed by atoms with Crippen LogP contribution in [0.5, 0.6) is 0 Å². The number of esters is 1. The summed E-state index contributed by atoms with van der Waals surface area (Å²) in [5.74, 6) is -1.56. The Kier molecular flexibility index (Phi) is 9.60. The van der Waals surface area contributed by atoms with Gasteiger partial charge in [0.15, 0.2) is 0 Å². The number of amides is 1. The molecule has 0 fully saturated rings. The number of allylic oxidation sites excluding steroid dienone is 2. The molecule has 1 atom stereocenters. The molecular weight excluding hydrogens is 577 g/mol. The molecule has 1 heterocycles. The number of hydrogen-bond donors (Lipinski definition) is 2. The number of carbonyl (C=O) groups excluding carboxylic acids is 2. The van der Waals surface area contributed by atoms with Crippen LogP contribution in [-0.4, -0.2) is 17.6 Å². The van der Waals surface area contributed by atoms with E-state index in [1.807, 2.05) is 30.3 Å². The Labute approximate surface area is 245 Å². The van der Waals surface area contributed by atoms with Crippen LogP contribution < -0.4 is 10.6 Å². The Balaban J connectivity index is 1.58. The quantitative estimate of drug-likeness (QED) is 0.262. The van der Waals surface area contributed by atoms with Crippen molar-refractivity contribution in [3.8, 4) is 6.07 Å². The zero-order valence-corrected chi connectivity index (χ0v) is 23.7. The van der Waals surface area contributed by atoms with Crippen LogP contribution in [0.3, 0.4) is 0 Å². The van der Waals surface area contributed by atoms with Gasteiger partial charge in [0.25, 0.3) is 0 Å². The molecule has 0 aromatic heterocycles. The molecule has 198 valence electrons. The van der Waals surface area contributed by atoms with Gasteiger partial charge in [0.1, 0.15) is 6.61 Å². The van der Waals surface area contributed by atoms with Gasteiger partial charge in [0, 0.05) is 16.4 Å². The van der Waals surface area contributed by atoms with Crippen LogP contribution >= 0.6 is 46.6 Å². The van der Waals surface area contributed by atoms with Crippen LogP contribution in [0.25, 0.3) is 0 Å². The minimum atomic E-state index is -0.711. The lowest BCUT2D eigenvalue weighted by Crippen LogP contribution is -2.29. The minimum Gasteiger partial charge on any atom is -0.457 e. The Morgan fingerprint density at radius 3 is 2.41 bits per heavy atom. The fraction of sp³-hybridized carbons (Fsp3) is 0.138. The number of hydrogen-bond acceptors (Lipinski definition) is 6. The van der Waals surface area contributed by atoms with E-state index in [9.17, 15) is 14.9 Å². The van der Waals surface area contributed by atoms with Crippen molar-refractivity contribution >= 4 is 64.1 Å². The molecule has 6 nitrogen and oxygen atoms in total. The molecule has 4 rings (SSSR count). The average molecular weight is 599 g/mol. The average Bonchev–Trinajstić information content (AvgIpc) is 2.93. The van der Waals surface area contributed by atoms with E-state index in [1.165, 1.54) is 0 Å². The normalized spacial score (nSPS) is 14.9. The number of dihydropyridines is 1. The smallest absolute Gasteiger partial charge is 0.337 e. The van der Waals surface area contributed by atoms with Crippen LogP contribution in [-0.2, 0) is 20.9 Å². The number of nitrogens with one attached hydrogen (secondary N) is 2. The highest BCUT2D eigenvalue weighted by Crippen LogP contribution is 2.41. The van der Waals surface area contributed by atoms with Crippen molar-refractivity contribution < 1.29 is 14.3 Å². The summed E-state index contributed by atoms with van der Waals surface area (Å²) in [6, 6.07) is 23.3. The Bertz CT molecular complexity index is 1500. The van der Waals surface area contributed by atoms with Crippen LogP contribution in [0, 0.1) is 11.3 Å². The Morgan fingerprint density at radius 1 is 1.03 bits per heavy atom. The van der Waals surface area contributed by atoms with Crippen molar-refractivity contribution in [1.29, 1.82) is 5.26 Å². The maximum Gasteiger partial charge on any atom is 0.337 e. The van der Waals surface area contributed by atoms with Gasteiger partial charge in [0.2, 0.25) is 5.91 Å². The van der Waals surface area contributed by atoms with E-state index in [2.05, 4.69) is 16.7 Å². The number of nitrogens with zero attached hydrogens (tertiary/aromatic N) is 1. The number of halogens is 3. The molecule has 2 N–H and O–H groups in total. The van der Waals surface area contributed by atoms with Gasteiger partial charge in [-0.1, -0.05) is 89.0 Å². The molecule has 3 aromatic rings. The summed E-state index contributed by atoms with van der Waals surface area (Å²) in [4.78, 5) is 26.0. The van der Waals surface area contributed by atoms with Gasteiger partial charge >= 0.3 is 5.97 Å². The van der Waals surface area contributed by atoms with Gasteiger partial charge in [-0.3, -0.25) is 4.79 Å². The predicted molar refractivity (Wildman–Crippen MR) is 156 cm³/mol. The second-order valence-electron chi connectivity index (χ2n) is 8.53. The third kappa shape index (κ3) is 7.17. The summed E-state index contributed by atoms with van der Waals surface area (Å²) in [6.45, 7) is 1.83. The molecule has 0 saturated heterocycles. The fourth-order valence-corrected chi connectivity index (χ4v) is 5.31. The molecule has 1 amide bonds. The minimum absolute atomic E-state index is 0.00215. The summed E-state index contributed by atoms with van der Waals surface area (Å²) in [5, 5.41) is 17.8. The highest BCUT2D eigenvalue weighted by molar-refractivity contribution is 8.03. The third-order valence-corrected chi connectivity index (χ3v) is 7.84. The van der Waals surface area contributed by atoms with Gasteiger partial charge in [-0.25, -0.2) is 4.79 Å². The largest absolute Gasteiger partial charge is 0.457 e. The first-order chi connectivity index (χ1) is 18.8. The first-order valence-electron chi connectivity index (χ1n) is 11.7. The lowest BCUT2D eigenvalue weighted by atomic mass is 9.82. The molecule has 0 aliphatic carbocycles. The second-order valence-corrected chi connectivity index (χ2v) is 10.8. The van der Waals surface area contributed by atoms with Crippen molar-refractivity contribution in [3.63, 3.8) is 0 Å². The summed E-state index contributed by atoms with van der Waals surface area (Å²) in [6.07, 6.45) is 0. The van der Waals surface area contributed by atoms with E-state index in [0.29, 0.717) is 48.2 Å². The number of anilines is 1. The van der Waals surface area contributed by atoms with E-state index in [4.69, 9.17) is 39.5 Å². The summed E-state index contributed by atoms with van der Waals surface area (Å²) < 4.78 is 5.64. The molecule has 1 aliphatic rings. The standard InChI is InChI=1S/C29H22Cl3N3O3S/c1-17-26(29(37)38-15-18-5-3-2-4-6-18)27(19-7-9-20(30)10-8-19)22(14-33)28(34-17)39-16-25(36)35-21-11-12-23(31)24(32)13-21/h2-13,27,34H,15-16H2,1H3,(H,35,36). The molecule has 3 aromatic carbocycles. The van der Waals surface area contributed by atoms with Gasteiger partial charge in [-0.15, -0.1) is 0 Å². The molecular formula is C29H22Cl3N3O3S. The lowest BCUT2D eigenvalue weighted by molar-refractivity contribution is -0.140. The molecule has 0 bridgehead atoms. The SMILES string of the molecule is CC1=C(C(=O)OCc2ccccc2)C(c2ccc(Cl)cc2)C(C#N)=C(SCC(=O)Nc2ccc(Cl)c(Cl)c2)N1. The molecule has 0 spiro atoms. The van der Waals surface area contributed by atoms with Crippen molar-refractivity contribution in [2.45, 2.75) is 19.4 Å². The van der Waals surface area contributed by atoms with E-state index in [-0.39, 0.29) is 18.3 Å². The number of carbonyl (C=O) groups is 2. The second kappa shape index (κ2) is 13.1. The van der Waals surface area contributed by atoms with E-state index >= 15 is 0 Å². The lowest BCUT2D eigenvalue weighted by Gasteiger charge is -2.29. The van der Waals surface area contributed by atoms with Gasteiger partial charge in [0.05, 0.1) is 44.0 Å². The van der Waals surface area contributed by atoms with Crippen molar-refractivity contribution in [2.75, 3.05) is 11.1 Å².